The Balaban J connectivity index is 1.82. The van der Waals surface area contributed by atoms with Crippen molar-refractivity contribution in [2.45, 2.75) is 31.5 Å². The zero-order valence-corrected chi connectivity index (χ0v) is 14.5. The molecule has 2 N–H and O–H groups in total. The van der Waals surface area contributed by atoms with Crippen molar-refractivity contribution in [3.63, 3.8) is 0 Å². The van der Waals surface area contributed by atoms with Gasteiger partial charge in [0.05, 0.1) is 17.2 Å². The number of fused-ring (bicyclic) bond motifs is 3. The number of aromatic carboxylic acids is 1. The Morgan fingerprint density at radius 2 is 2.00 bits per heavy atom. The minimum Gasteiger partial charge on any atom is -0.478 e. The fourth-order valence-corrected chi connectivity index (χ4v) is 4.28. The number of benzene rings is 2. The predicted octanol–water partition coefficient (Wildman–Crippen LogP) is 5.54. The third-order valence-corrected chi connectivity index (χ3v) is 5.60. The number of nitrogens with one attached hydrogen (secondary N) is 1. The first kappa shape index (κ1) is 17.6. The standard InChI is InChI=1S/C21H18F3NO2/c1-11-14(20(26)27)8-9-17-15-6-3-7-16(15)19(25-18(11)17)12-4-2-5-13(10-12)21(22,23)24/h2-6,8-10,15-16,19,25H,7H2,1H3,(H,26,27)/t15-,16+,19-/m0/s1. The van der Waals surface area contributed by atoms with E-state index < -0.39 is 17.7 Å². The summed E-state index contributed by atoms with van der Waals surface area (Å²) >= 11 is 0. The fourth-order valence-electron chi connectivity index (χ4n) is 4.28. The molecule has 0 spiro atoms. The Morgan fingerprint density at radius 3 is 2.70 bits per heavy atom. The van der Waals surface area contributed by atoms with Gasteiger partial charge in [-0.2, -0.15) is 13.2 Å². The number of allylic oxidation sites excluding steroid dienone is 2. The molecular weight excluding hydrogens is 355 g/mol. The Hall–Kier alpha value is -2.76. The Labute approximate surface area is 154 Å². The molecule has 27 heavy (non-hydrogen) atoms. The number of carboxylic acids is 1. The second-order valence-electron chi connectivity index (χ2n) is 7.11. The lowest BCUT2D eigenvalue weighted by Crippen LogP contribution is -2.30. The van der Waals surface area contributed by atoms with Gasteiger partial charge in [0.15, 0.2) is 0 Å². The average molecular weight is 373 g/mol. The largest absolute Gasteiger partial charge is 0.478 e. The third kappa shape index (κ3) is 2.89. The van der Waals surface area contributed by atoms with Gasteiger partial charge in [-0.25, -0.2) is 4.79 Å². The van der Waals surface area contributed by atoms with Crippen molar-refractivity contribution in [1.29, 1.82) is 0 Å². The van der Waals surface area contributed by atoms with Crippen LogP contribution in [0.2, 0.25) is 0 Å². The predicted molar refractivity (Wildman–Crippen MR) is 95.9 cm³/mol. The van der Waals surface area contributed by atoms with Gasteiger partial charge >= 0.3 is 12.1 Å². The molecule has 6 heteroatoms. The van der Waals surface area contributed by atoms with Crippen molar-refractivity contribution in [3.8, 4) is 0 Å². The van der Waals surface area contributed by atoms with Gasteiger partial charge in [0.2, 0.25) is 0 Å². The van der Waals surface area contributed by atoms with E-state index >= 15 is 0 Å². The molecule has 0 bridgehead atoms. The van der Waals surface area contributed by atoms with E-state index in [2.05, 4.69) is 11.4 Å². The summed E-state index contributed by atoms with van der Waals surface area (Å²) in [5.74, 6) is -0.866. The van der Waals surface area contributed by atoms with Crippen LogP contribution in [0.25, 0.3) is 0 Å². The minimum atomic E-state index is -4.40. The maximum absolute atomic E-state index is 13.1. The molecule has 1 aliphatic heterocycles. The summed E-state index contributed by atoms with van der Waals surface area (Å²) in [6.07, 6.45) is 0.484. The van der Waals surface area contributed by atoms with E-state index in [1.807, 2.05) is 12.1 Å². The van der Waals surface area contributed by atoms with E-state index in [4.69, 9.17) is 0 Å². The number of rotatable bonds is 2. The number of carboxylic acid groups (broad SMARTS) is 1. The molecule has 0 unspecified atom stereocenters. The first-order valence-electron chi connectivity index (χ1n) is 8.74. The van der Waals surface area contributed by atoms with Gasteiger partial charge in [-0.1, -0.05) is 30.4 Å². The van der Waals surface area contributed by atoms with E-state index in [0.29, 0.717) is 16.8 Å². The van der Waals surface area contributed by atoms with Gasteiger partial charge in [-0.15, -0.1) is 0 Å². The molecule has 0 radical (unpaired) electrons. The van der Waals surface area contributed by atoms with Crippen LogP contribution in [0.3, 0.4) is 0 Å². The summed E-state index contributed by atoms with van der Waals surface area (Å²) in [5.41, 5.74) is 2.41. The molecule has 3 atom stereocenters. The van der Waals surface area contributed by atoms with Crippen molar-refractivity contribution >= 4 is 11.7 Å². The third-order valence-electron chi connectivity index (χ3n) is 5.60. The number of hydrogen-bond donors (Lipinski definition) is 2. The van der Waals surface area contributed by atoms with Crippen LogP contribution in [-0.2, 0) is 6.18 Å². The summed E-state index contributed by atoms with van der Waals surface area (Å²) in [4.78, 5) is 11.5. The number of carbonyl (C=O) groups is 1. The van der Waals surface area contributed by atoms with Crippen molar-refractivity contribution < 1.29 is 23.1 Å². The maximum Gasteiger partial charge on any atom is 0.416 e. The molecule has 0 saturated carbocycles. The van der Waals surface area contributed by atoms with Crippen LogP contribution in [0.5, 0.6) is 0 Å². The highest BCUT2D eigenvalue weighted by Gasteiger charge is 2.40. The van der Waals surface area contributed by atoms with E-state index in [9.17, 15) is 23.1 Å². The Kier molecular flexibility index (Phi) is 4.02. The molecule has 4 rings (SSSR count). The number of alkyl halides is 3. The molecule has 140 valence electrons. The molecule has 2 aromatic carbocycles. The second-order valence-corrected chi connectivity index (χ2v) is 7.11. The summed E-state index contributed by atoms with van der Waals surface area (Å²) < 4.78 is 39.4. The molecule has 0 fully saturated rings. The lowest BCUT2D eigenvalue weighted by Gasteiger charge is -2.38. The lowest BCUT2D eigenvalue weighted by atomic mass is 9.75. The highest BCUT2D eigenvalue weighted by Crippen LogP contribution is 2.51. The average Bonchev–Trinajstić information content (AvgIpc) is 3.10. The van der Waals surface area contributed by atoms with Crippen molar-refractivity contribution in [2.75, 3.05) is 5.32 Å². The summed E-state index contributed by atoms with van der Waals surface area (Å²) in [6, 6.07) is 8.48. The van der Waals surface area contributed by atoms with Crippen LogP contribution in [0, 0.1) is 12.8 Å². The van der Waals surface area contributed by atoms with Crippen LogP contribution < -0.4 is 5.32 Å². The first-order chi connectivity index (χ1) is 12.8. The van der Waals surface area contributed by atoms with E-state index in [0.717, 1.165) is 18.1 Å². The second kappa shape index (κ2) is 6.15. The highest BCUT2D eigenvalue weighted by atomic mass is 19.4. The van der Waals surface area contributed by atoms with Gasteiger partial charge in [0, 0.05) is 11.6 Å². The zero-order chi connectivity index (χ0) is 19.3. The molecule has 1 aliphatic carbocycles. The molecule has 0 saturated heterocycles. The number of anilines is 1. The van der Waals surface area contributed by atoms with Crippen molar-refractivity contribution in [1.82, 2.24) is 0 Å². The van der Waals surface area contributed by atoms with Crippen molar-refractivity contribution in [3.05, 3.63) is 76.4 Å². The van der Waals surface area contributed by atoms with Crippen LogP contribution in [0.1, 0.15) is 51.0 Å². The molecular formula is C21H18F3NO2. The molecule has 0 aromatic heterocycles. The minimum absolute atomic E-state index is 0.0577. The zero-order valence-electron chi connectivity index (χ0n) is 14.5. The summed E-state index contributed by atoms with van der Waals surface area (Å²) in [6.45, 7) is 1.73. The normalized spacial score (nSPS) is 23.5. The Morgan fingerprint density at radius 1 is 1.22 bits per heavy atom. The van der Waals surface area contributed by atoms with E-state index in [1.54, 1.807) is 19.1 Å². The molecule has 1 heterocycles. The lowest BCUT2D eigenvalue weighted by molar-refractivity contribution is -0.137. The van der Waals surface area contributed by atoms with E-state index in [1.165, 1.54) is 12.1 Å². The van der Waals surface area contributed by atoms with Crippen LogP contribution in [-0.4, -0.2) is 11.1 Å². The van der Waals surface area contributed by atoms with Crippen LogP contribution >= 0.6 is 0 Å². The van der Waals surface area contributed by atoms with Gasteiger partial charge in [0.1, 0.15) is 0 Å². The first-order valence-corrected chi connectivity index (χ1v) is 8.74. The van der Waals surface area contributed by atoms with Gasteiger partial charge in [-0.05, 0) is 54.2 Å². The maximum atomic E-state index is 13.1. The van der Waals surface area contributed by atoms with Gasteiger partial charge in [-0.3, -0.25) is 0 Å². The Bertz CT molecular complexity index is 949. The molecule has 2 aliphatic rings. The van der Waals surface area contributed by atoms with Gasteiger partial charge < -0.3 is 10.4 Å². The molecule has 3 nitrogen and oxygen atoms in total. The smallest absolute Gasteiger partial charge is 0.416 e. The monoisotopic (exact) mass is 373 g/mol. The van der Waals surface area contributed by atoms with Gasteiger partial charge in [0.25, 0.3) is 0 Å². The topological polar surface area (TPSA) is 49.3 Å². The number of halogens is 3. The quantitative estimate of drug-likeness (QED) is 0.680. The SMILES string of the molecule is Cc1c(C(=O)O)ccc2c1N[C@@H](c1cccc(C(F)(F)F)c1)[C@@H]1CC=C[C@H]21. The van der Waals surface area contributed by atoms with Crippen molar-refractivity contribution in [2.24, 2.45) is 5.92 Å². The number of hydrogen-bond acceptors (Lipinski definition) is 2. The summed E-state index contributed by atoms with van der Waals surface area (Å²) in [5, 5.41) is 12.8. The van der Waals surface area contributed by atoms with E-state index in [-0.39, 0.29) is 23.4 Å². The van der Waals surface area contributed by atoms with Crippen LogP contribution in [0.15, 0.2) is 48.6 Å². The molecule has 0 amide bonds. The summed E-state index contributed by atoms with van der Waals surface area (Å²) in [7, 11) is 0. The highest BCUT2D eigenvalue weighted by molar-refractivity contribution is 5.92. The molecule has 2 aromatic rings. The van der Waals surface area contributed by atoms with Crippen LogP contribution in [0.4, 0.5) is 18.9 Å². The fraction of sp³-hybridized carbons (Fsp3) is 0.286.